The second-order valence-corrected chi connectivity index (χ2v) is 4.87. The minimum absolute atomic E-state index is 0.104. The molecule has 17 heavy (non-hydrogen) atoms. The number of hydrogen-bond donors (Lipinski definition) is 2. The minimum Gasteiger partial charge on any atom is -0.395 e. The van der Waals surface area contributed by atoms with Crippen LogP contribution in [0.5, 0.6) is 0 Å². The molecular weight excluding hydrogens is 216 g/mol. The van der Waals surface area contributed by atoms with Crippen LogP contribution >= 0.6 is 0 Å². The number of rotatable bonds is 6. The predicted molar refractivity (Wildman–Crippen MR) is 68.8 cm³/mol. The van der Waals surface area contributed by atoms with Crippen molar-refractivity contribution in [1.82, 2.24) is 10.2 Å². The van der Waals surface area contributed by atoms with Gasteiger partial charge < -0.3 is 10.4 Å². The van der Waals surface area contributed by atoms with Gasteiger partial charge in [0.05, 0.1) is 12.6 Å². The second kappa shape index (κ2) is 7.67. The van der Waals surface area contributed by atoms with Crippen LogP contribution in [0.2, 0.25) is 0 Å². The van der Waals surface area contributed by atoms with Gasteiger partial charge in [-0.15, -0.1) is 0 Å². The molecule has 0 aliphatic heterocycles. The Morgan fingerprint density at radius 1 is 1.41 bits per heavy atom. The number of aliphatic hydroxyl groups is 1. The molecular formula is C13H26N2O2. The zero-order chi connectivity index (χ0) is 12.7. The minimum atomic E-state index is -0.144. The Morgan fingerprint density at radius 3 is 2.59 bits per heavy atom. The summed E-state index contributed by atoms with van der Waals surface area (Å²) in [6, 6.07) is 0.223. The summed E-state index contributed by atoms with van der Waals surface area (Å²) < 4.78 is 0. The Bertz CT molecular complexity index is 227. The SMILES string of the molecule is CCN(CCO)C(C)C(=O)NC1CCCCC1. The molecule has 1 amide bonds. The number of carbonyl (C=O) groups excluding carboxylic acids is 1. The molecule has 4 heteroatoms. The molecule has 1 fully saturated rings. The highest BCUT2D eigenvalue weighted by Gasteiger charge is 2.22. The maximum absolute atomic E-state index is 12.1. The molecule has 0 spiro atoms. The first-order valence-electron chi connectivity index (χ1n) is 6.84. The van der Waals surface area contributed by atoms with Crippen LogP contribution in [0.4, 0.5) is 0 Å². The van der Waals surface area contributed by atoms with Gasteiger partial charge in [0.15, 0.2) is 0 Å². The van der Waals surface area contributed by atoms with Crippen molar-refractivity contribution in [2.24, 2.45) is 0 Å². The quantitative estimate of drug-likeness (QED) is 0.734. The van der Waals surface area contributed by atoms with E-state index in [4.69, 9.17) is 5.11 Å². The molecule has 1 aliphatic rings. The number of nitrogens with one attached hydrogen (secondary N) is 1. The van der Waals surface area contributed by atoms with Gasteiger partial charge in [-0.2, -0.15) is 0 Å². The lowest BCUT2D eigenvalue weighted by Crippen LogP contribution is -2.49. The Balaban J connectivity index is 2.38. The number of likely N-dealkylation sites (N-methyl/N-ethyl adjacent to an activating group) is 1. The zero-order valence-corrected chi connectivity index (χ0v) is 11.1. The molecule has 1 rings (SSSR count). The van der Waals surface area contributed by atoms with Crippen molar-refractivity contribution in [1.29, 1.82) is 0 Å². The van der Waals surface area contributed by atoms with Crippen LogP contribution in [0.15, 0.2) is 0 Å². The van der Waals surface area contributed by atoms with E-state index in [9.17, 15) is 4.79 Å². The third-order valence-electron chi connectivity index (χ3n) is 3.67. The highest BCUT2D eigenvalue weighted by atomic mass is 16.3. The summed E-state index contributed by atoms with van der Waals surface area (Å²) in [7, 11) is 0. The van der Waals surface area contributed by atoms with Crippen molar-refractivity contribution >= 4 is 5.91 Å². The molecule has 2 N–H and O–H groups in total. The maximum atomic E-state index is 12.1. The highest BCUT2D eigenvalue weighted by molar-refractivity contribution is 5.81. The zero-order valence-electron chi connectivity index (χ0n) is 11.1. The molecule has 0 aromatic rings. The molecule has 1 saturated carbocycles. The summed E-state index contributed by atoms with van der Waals surface area (Å²) in [4.78, 5) is 14.1. The second-order valence-electron chi connectivity index (χ2n) is 4.87. The van der Waals surface area contributed by atoms with Gasteiger partial charge in [0.25, 0.3) is 0 Å². The molecule has 1 atom stereocenters. The molecule has 100 valence electrons. The molecule has 0 aromatic carbocycles. The lowest BCUT2D eigenvalue weighted by molar-refractivity contribution is -0.126. The van der Waals surface area contributed by atoms with Crippen molar-refractivity contribution in [2.75, 3.05) is 19.7 Å². The maximum Gasteiger partial charge on any atom is 0.237 e. The summed E-state index contributed by atoms with van der Waals surface area (Å²) in [6.45, 7) is 5.39. The average Bonchev–Trinajstić information content (AvgIpc) is 2.36. The first kappa shape index (κ1) is 14.5. The Labute approximate surface area is 104 Å². The largest absolute Gasteiger partial charge is 0.395 e. The van der Waals surface area contributed by atoms with E-state index >= 15 is 0 Å². The summed E-state index contributed by atoms with van der Waals surface area (Å²) in [6.07, 6.45) is 5.99. The third kappa shape index (κ3) is 4.64. The van der Waals surface area contributed by atoms with E-state index in [0.29, 0.717) is 12.6 Å². The molecule has 0 bridgehead atoms. The predicted octanol–water partition coefficient (Wildman–Crippen LogP) is 1.14. The van der Waals surface area contributed by atoms with Crippen LogP contribution in [0, 0.1) is 0 Å². The van der Waals surface area contributed by atoms with Crippen LogP contribution in [-0.2, 0) is 4.79 Å². The summed E-state index contributed by atoms with van der Waals surface area (Å²) in [5.74, 6) is 0.104. The smallest absolute Gasteiger partial charge is 0.237 e. The van der Waals surface area contributed by atoms with Crippen LogP contribution in [0.1, 0.15) is 46.0 Å². The van der Waals surface area contributed by atoms with E-state index in [-0.39, 0.29) is 18.6 Å². The lowest BCUT2D eigenvalue weighted by atomic mass is 9.95. The van der Waals surface area contributed by atoms with Gasteiger partial charge in [-0.1, -0.05) is 26.2 Å². The summed E-state index contributed by atoms with van der Waals surface area (Å²) >= 11 is 0. The fourth-order valence-electron chi connectivity index (χ4n) is 2.49. The third-order valence-corrected chi connectivity index (χ3v) is 3.67. The van der Waals surface area contributed by atoms with Crippen molar-refractivity contribution in [3.63, 3.8) is 0 Å². The highest BCUT2D eigenvalue weighted by Crippen LogP contribution is 2.17. The van der Waals surface area contributed by atoms with Crippen LogP contribution in [0.25, 0.3) is 0 Å². The molecule has 4 nitrogen and oxygen atoms in total. The van der Waals surface area contributed by atoms with Crippen molar-refractivity contribution in [2.45, 2.75) is 58.0 Å². The van der Waals surface area contributed by atoms with Gasteiger partial charge in [0.1, 0.15) is 0 Å². The Kier molecular flexibility index (Phi) is 6.52. The Morgan fingerprint density at radius 2 is 2.06 bits per heavy atom. The standard InChI is InChI=1S/C13H26N2O2/c1-3-15(9-10-16)11(2)13(17)14-12-7-5-4-6-8-12/h11-12,16H,3-10H2,1-2H3,(H,14,17). The fraction of sp³-hybridized carbons (Fsp3) is 0.923. The monoisotopic (exact) mass is 242 g/mol. The molecule has 0 saturated heterocycles. The van der Waals surface area contributed by atoms with Gasteiger partial charge in [-0.25, -0.2) is 0 Å². The van der Waals surface area contributed by atoms with E-state index in [1.54, 1.807) is 0 Å². The first-order valence-corrected chi connectivity index (χ1v) is 6.84. The van der Waals surface area contributed by atoms with E-state index in [0.717, 1.165) is 19.4 Å². The van der Waals surface area contributed by atoms with Gasteiger partial charge in [0.2, 0.25) is 5.91 Å². The normalized spacial score (nSPS) is 19.3. The number of carbonyl (C=O) groups is 1. The summed E-state index contributed by atoms with van der Waals surface area (Å²) in [5.41, 5.74) is 0. The number of amides is 1. The summed E-state index contributed by atoms with van der Waals surface area (Å²) in [5, 5.41) is 12.1. The van der Waals surface area contributed by atoms with Crippen LogP contribution < -0.4 is 5.32 Å². The van der Waals surface area contributed by atoms with E-state index in [1.807, 2.05) is 18.7 Å². The van der Waals surface area contributed by atoms with Crippen molar-refractivity contribution in [3.05, 3.63) is 0 Å². The fourth-order valence-corrected chi connectivity index (χ4v) is 2.49. The van der Waals surface area contributed by atoms with Crippen molar-refractivity contribution in [3.8, 4) is 0 Å². The number of aliphatic hydroxyl groups excluding tert-OH is 1. The van der Waals surface area contributed by atoms with Gasteiger partial charge >= 0.3 is 0 Å². The topological polar surface area (TPSA) is 52.6 Å². The van der Waals surface area contributed by atoms with Crippen LogP contribution in [0.3, 0.4) is 0 Å². The van der Waals surface area contributed by atoms with Gasteiger partial charge in [-0.3, -0.25) is 9.69 Å². The molecule has 1 aliphatic carbocycles. The Hall–Kier alpha value is -0.610. The van der Waals surface area contributed by atoms with E-state index in [2.05, 4.69) is 5.32 Å². The molecule has 0 aromatic heterocycles. The number of hydrogen-bond acceptors (Lipinski definition) is 3. The van der Waals surface area contributed by atoms with Gasteiger partial charge in [0, 0.05) is 12.6 Å². The average molecular weight is 242 g/mol. The van der Waals surface area contributed by atoms with Crippen molar-refractivity contribution < 1.29 is 9.90 Å². The van der Waals surface area contributed by atoms with Gasteiger partial charge in [-0.05, 0) is 26.3 Å². The van der Waals surface area contributed by atoms with E-state index in [1.165, 1.54) is 19.3 Å². The lowest BCUT2D eigenvalue weighted by Gasteiger charge is -2.29. The van der Waals surface area contributed by atoms with E-state index < -0.39 is 0 Å². The first-order chi connectivity index (χ1) is 8.19. The van der Waals surface area contributed by atoms with Crippen LogP contribution in [-0.4, -0.2) is 47.7 Å². The molecule has 0 heterocycles. The molecule has 1 unspecified atom stereocenters. The number of nitrogens with zero attached hydrogens (tertiary/aromatic N) is 1. The molecule has 0 radical (unpaired) electrons.